The molecule has 1 heterocycles. The predicted molar refractivity (Wildman–Crippen MR) is 114 cm³/mol. The molecule has 1 fully saturated rings. The molecule has 0 aliphatic heterocycles. The van der Waals surface area contributed by atoms with E-state index in [1.165, 1.54) is 43.2 Å². The summed E-state index contributed by atoms with van der Waals surface area (Å²) in [5.41, 5.74) is 2.41. The van der Waals surface area contributed by atoms with Gasteiger partial charge in [-0.15, -0.1) is 0 Å². The number of nitrogens with zero attached hydrogens (tertiary/aromatic N) is 3. The average molecular weight is 392 g/mol. The third-order valence-corrected chi connectivity index (χ3v) is 5.73. The Balaban J connectivity index is 1.58. The van der Waals surface area contributed by atoms with E-state index in [1.54, 1.807) is 14.2 Å². The molecule has 4 rings (SSSR count). The molecule has 0 N–H and O–H groups in total. The molecule has 0 amide bonds. The molecule has 0 saturated heterocycles. The van der Waals surface area contributed by atoms with Crippen LogP contribution in [0.25, 0.3) is 0 Å². The Morgan fingerprint density at radius 3 is 2.00 bits per heavy atom. The van der Waals surface area contributed by atoms with Crippen LogP contribution in [0.4, 0.5) is 0 Å². The summed E-state index contributed by atoms with van der Waals surface area (Å²) in [6.07, 6.45) is 7.06. The van der Waals surface area contributed by atoms with E-state index >= 15 is 0 Å². The lowest BCUT2D eigenvalue weighted by Gasteiger charge is -2.21. The molecule has 1 saturated carbocycles. The molecule has 5 nitrogen and oxygen atoms in total. The first kappa shape index (κ1) is 19.5. The Morgan fingerprint density at radius 2 is 1.41 bits per heavy atom. The molecule has 29 heavy (non-hydrogen) atoms. The first-order valence-corrected chi connectivity index (χ1v) is 10.4. The summed E-state index contributed by atoms with van der Waals surface area (Å²) in [6, 6.07) is 16.4. The fourth-order valence-corrected chi connectivity index (χ4v) is 4.09. The summed E-state index contributed by atoms with van der Waals surface area (Å²) in [7, 11) is 3.38. The van der Waals surface area contributed by atoms with Crippen molar-refractivity contribution in [3.63, 3.8) is 0 Å². The van der Waals surface area contributed by atoms with Crippen LogP contribution in [0.5, 0.6) is 11.5 Å². The van der Waals surface area contributed by atoms with Gasteiger partial charge >= 0.3 is 0 Å². The Hall–Kier alpha value is -2.82. The van der Waals surface area contributed by atoms with Crippen molar-refractivity contribution in [3.05, 3.63) is 71.3 Å². The number of hydrogen-bond donors (Lipinski definition) is 0. The third-order valence-electron chi connectivity index (χ3n) is 5.73. The smallest absolute Gasteiger partial charge is 0.155 e. The van der Waals surface area contributed by atoms with Crippen molar-refractivity contribution in [2.75, 3.05) is 14.2 Å². The van der Waals surface area contributed by atoms with E-state index in [4.69, 9.17) is 19.6 Å². The number of ether oxygens (including phenoxy) is 2. The molecule has 0 spiro atoms. The van der Waals surface area contributed by atoms with E-state index in [9.17, 15) is 0 Å². The first-order chi connectivity index (χ1) is 14.2. The summed E-state index contributed by atoms with van der Waals surface area (Å²) in [5.74, 6) is 4.29. The Labute approximate surface area is 172 Å². The summed E-state index contributed by atoms with van der Waals surface area (Å²) >= 11 is 0. The lowest BCUT2D eigenvalue weighted by atomic mass is 9.88. The minimum absolute atomic E-state index is 0.513. The normalized spacial score (nSPS) is 14.7. The standard InChI is InChI=1S/C24H29N3O2/c1-28-21-12-8-18(9-13-21)16-23-25-24(20-6-4-3-5-7-20)27(26-23)17-19-10-14-22(29-2)15-11-19/h8-15,20H,3-7,16-17H2,1-2H3. The van der Waals surface area contributed by atoms with Crippen LogP contribution in [-0.2, 0) is 13.0 Å². The van der Waals surface area contributed by atoms with E-state index in [0.29, 0.717) is 5.92 Å². The number of benzene rings is 2. The van der Waals surface area contributed by atoms with Gasteiger partial charge in [0.25, 0.3) is 0 Å². The summed E-state index contributed by atoms with van der Waals surface area (Å²) in [5, 5.41) is 4.90. The molecular weight excluding hydrogens is 362 g/mol. The van der Waals surface area contributed by atoms with Crippen molar-refractivity contribution in [2.24, 2.45) is 0 Å². The molecule has 1 aromatic heterocycles. The number of methoxy groups -OCH3 is 2. The number of rotatable bonds is 7. The maximum atomic E-state index is 5.28. The molecule has 0 bridgehead atoms. The van der Waals surface area contributed by atoms with E-state index in [-0.39, 0.29) is 0 Å². The quantitative estimate of drug-likeness (QED) is 0.570. The van der Waals surface area contributed by atoms with Gasteiger partial charge in [0.1, 0.15) is 17.3 Å². The Kier molecular flexibility index (Phi) is 6.13. The highest BCUT2D eigenvalue weighted by Crippen LogP contribution is 2.32. The van der Waals surface area contributed by atoms with Crippen molar-refractivity contribution in [1.82, 2.24) is 14.8 Å². The first-order valence-electron chi connectivity index (χ1n) is 10.4. The molecule has 2 aromatic carbocycles. The van der Waals surface area contributed by atoms with Crippen LogP contribution in [0.15, 0.2) is 48.5 Å². The molecule has 1 aliphatic carbocycles. The van der Waals surface area contributed by atoms with Crippen LogP contribution in [0.3, 0.4) is 0 Å². The number of aromatic nitrogens is 3. The zero-order valence-corrected chi connectivity index (χ0v) is 17.3. The second-order valence-corrected chi connectivity index (χ2v) is 7.75. The van der Waals surface area contributed by atoms with Gasteiger partial charge in [-0.1, -0.05) is 43.5 Å². The van der Waals surface area contributed by atoms with Crippen LogP contribution < -0.4 is 9.47 Å². The third kappa shape index (κ3) is 4.78. The van der Waals surface area contributed by atoms with Crippen molar-refractivity contribution >= 4 is 0 Å². The highest BCUT2D eigenvalue weighted by Gasteiger charge is 2.22. The molecule has 0 atom stereocenters. The van der Waals surface area contributed by atoms with Crippen LogP contribution in [0.1, 0.15) is 60.8 Å². The van der Waals surface area contributed by atoms with Crippen molar-refractivity contribution in [1.29, 1.82) is 0 Å². The minimum Gasteiger partial charge on any atom is -0.497 e. The SMILES string of the molecule is COc1ccc(Cc2nc(C3CCCCC3)n(Cc3ccc(OC)cc3)n2)cc1. The zero-order valence-electron chi connectivity index (χ0n) is 17.3. The van der Waals surface area contributed by atoms with Gasteiger partial charge in [0.2, 0.25) is 0 Å². The lowest BCUT2D eigenvalue weighted by Crippen LogP contribution is -2.14. The van der Waals surface area contributed by atoms with E-state index < -0.39 is 0 Å². The van der Waals surface area contributed by atoms with E-state index in [1.807, 2.05) is 24.3 Å². The van der Waals surface area contributed by atoms with Gasteiger partial charge in [0, 0.05) is 12.3 Å². The fourth-order valence-electron chi connectivity index (χ4n) is 4.09. The largest absolute Gasteiger partial charge is 0.497 e. The van der Waals surface area contributed by atoms with Gasteiger partial charge in [0.05, 0.1) is 20.8 Å². The number of hydrogen-bond acceptors (Lipinski definition) is 4. The van der Waals surface area contributed by atoms with Crippen LogP contribution in [-0.4, -0.2) is 29.0 Å². The maximum Gasteiger partial charge on any atom is 0.155 e. The Morgan fingerprint density at radius 1 is 0.828 bits per heavy atom. The van der Waals surface area contributed by atoms with Crippen LogP contribution >= 0.6 is 0 Å². The molecule has 0 radical (unpaired) electrons. The van der Waals surface area contributed by atoms with Gasteiger partial charge in [0.15, 0.2) is 5.82 Å². The van der Waals surface area contributed by atoms with Crippen molar-refractivity contribution in [2.45, 2.75) is 51.0 Å². The van der Waals surface area contributed by atoms with Gasteiger partial charge in [-0.2, -0.15) is 5.10 Å². The molecule has 0 unspecified atom stereocenters. The molecular formula is C24H29N3O2. The second kappa shape index (κ2) is 9.12. The van der Waals surface area contributed by atoms with Gasteiger partial charge < -0.3 is 9.47 Å². The fraction of sp³-hybridized carbons (Fsp3) is 0.417. The Bertz CT molecular complexity index is 910. The average Bonchev–Trinajstić information content (AvgIpc) is 3.17. The highest BCUT2D eigenvalue weighted by molar-refractivity contribution is 5.29. The summed E-state index contributed by atoms with van der Waals surface area (Å²) in [4.78, 5) is 5.00. The topological polar surface area (TPSA) is 49.2 Å². The summed E-state index contributed by atoms with van der Waals surface area (Å²) < 4.78 is 12.7. The monoisotopic (exact) mass is 391 g/mol. The zero-order chi connectivity index (χ0) is 20.1. The molecule has 152 valence electrons. The van der Waals surface area contributed by atoms with Crippen molar-refractivity contribution < 1.29 is 9.47 Å². The maximum absolute atomic E-state index is 5.28. The van der Waals surface area contributed by atoms with E-state index in [2.05, 4.69) is 28.9 Å². The van der Waals surface area contributed by atoms with E-state index in [0.717, 1.165) is 36.1 Å². The minimum atomic E-state index is 0.513. The summed E-state index contributed by atoms with van der Waals surface area (Å²) in [6.45, 7) is 0.742. The molecule has 3 aromatic rings. The lowest BCUT2D eigenvalue weighted by molar-refractivity contribution is 0.411. The van der Waals surface area contributed by atoms with Crippen LogP contribution in [0.2, 0.25) is 0 Å². The molecule has 5 heteroatoms. The van der Waals surface area contributed by atoms with Gasteiger partial charge in [-0.3, -0.25) is 0 Å². The van der Waals surface area contributed by atoms with Crippen molar-refractivity contribution in [3.8, 4) is 11.5 Å². The second-order valence-electron chi connectivity index (χ2n) is 7.75. The van der Waals surface area contributed by atoms with Gasteiger partial charge in [-0.25, -0.2) is 9.67 Å². The van der Waals surface area contributed by atoms with Gasteiger partial charge in [-0.05, 0) is 48.2 Å². The molecule has 1 aliphatic rings. The van der Waals surface area contributed by atoms with Crippen LogP contribution in [0, 0.1) is 0 Å². The highest BCUT2D eigenvalue weighted by atomic mass is 16.5. The predicted octanol–water partition coefficient (Wildman–Crippen LogP) is 4.98.